The molecule has 0 bridgehead atoms. The lowest BCUT2D eigenvalue weighted by Gasteiger charge is -2.26. The third kappa shape index (κ3) is 3.98. The molecule has 0 aromatic heterocycles. The Kier molecular flexibility index (Phi) is 5.46. The molecule has 1 unspecified atom stereocenters. The van der Waals surface area contributed by atoms with E-state index in [2.05, 4.69) is 10.2 Å². The van der Waals surface area contributed by atoms with Gasteiger partial charge in [0.25, 0.3) is 0 Å². The second kappa shape index (κ2) is 7.11. The lowest BCUT2D eigenvalue weighted by Crippen LogP contribution is -2.43. The summed E-state index contributed by atoms with van der Waals surface area (Å²) >= 11 is 1.63. The maximum absolute atomic E-state index is 12.2. The van der Waals surface area contributed by atoms with Crippen molar-refractivity contribution in [2.75, 3.05) is 31.7 Å². The third-order valence-corrected chi connectivity index (χ3v) is 4.54. The summed E-state index contributed by atoms with van der Waals surface area (Å²) in [4.78, 5) is 15.3. The molecular formula is C15H23N3OS. The number of anilines is 1. The number of nitrogens with one attached hydrogen (secondary N) is 1. The highest BCUT2D eigenvalue weighted by Gasteiger charge is 2.33. The summed E-state index contributed by atoms with van der Waals surface area (Å²) in [6.07, 6.45) is 4.49. The van der Waals surface area contributed by atoms with Crippen LogP contribution in [0.2, 0.25) is 0 Å². The van der Waals surface area contributed by atoms with Crippen LogP contribution in [0.3, 0.4) is 0 Å². The molecule has 1 fully saturated rings. The highest BCUT2D eigenvalue weighted by atomic mass is 32.2. The molecule has 1 atom stereocenters. The molecule has 1 aromatic carbocycles. The molecule has 4 nitrogen and oxygen atoms in total. The van der Waals surface area contributed by atoms with Crippen molar-refractivity contribution in [1.29, 1.82) is 0 Å². The van der Waals surface area contributed by atoms with Gasteiger partial charge in [-0.1, -0.05) is 12.1 Å². The number of para-hydroxylation sites is 1. The highest BCUT2D eigenvalue weighted by molar-refractivity contribution is 7.98. The highest BCUT2D eigenvalue weighted by Crippen LogP contribution is 2.34. The molecule has 1 aliphatic carbocycles. The minimum Gasteiger partial charge on any atom is -0.329 e. The molecule has 1 amide bonds. The SMILES string of the molecule is CSc1ccccc1NC(=O)CN(C)C(CN)C1CC1. The molecule has 1 saturated carbocycles. The fourth-order valence-corrected chi connectivity index (χ4v) is 3.05. The van der Waals surface area contributed by atoms with Crippen molar-refractivity contribution in [2.45, 2.75) is 23.8 Å². The Morgan fingerprint density at radius 2 is 2.20 bits per heavy atom. The summed E-state index contributed by atoms with van der Waals surface area (Å²) in [6.45, 7) is 1.01. The first kappa shape index (κ1) is 15.4. The Morgan fingerprint density at radius 1 is 1.50 bits per heavy atom. The maximum Gasteiger partial charge on any atom is 0.238 e. The zero-order valence-corrected chi connectivity index (χ0v) is 13.0. The number of hydrogen-bond acceptors (Lipinski definition) is 4. The number of nitrogens with two attached hydrogens (primary N) is 1. The van der Waals surface area contributed by atoms with Crippen molar-refractivity contribution in [3.05, 3.63) is 24.3 Å². The smallest absolute Gasteiger partial charge is 0.238 e. The molecule has 20 heavy (non-hydrogen) atoms. The van der Waals surface area contributed by atoms with Crippen molar-refractivity contribution in [1.82, 2.24) is 4.90 Å². The van der Waals surface area contributed by atoms with Gasteiger partial charge in [0.1, 0.15) is 0 Å². The van der Waals surface area contributed by atoms with Crippen LogP contribution in [0.15, 0.2) is 29.2 Å². The predicted octanol–water partition coefficient (Wildman–Crippen LogP) is 2.02. The van der Waals surface area contributed by atoms with Gasteiger partial charge in [-0.25, -0.2) is 0 Å². The largest absolute Gasteiger partial charge is 0.329 e. The standard InChI is InChI=1S/C15H23N3OS/c1-18(13(9-16)11-7-8-11)10-15(19)17-12-5-3-4-6-14(12)20-2/h3-6,11,13H,7-10,16H2,1-2H3,(H,17,19). The first-order valence-corrected chi connectivity index (χ1v) is 8.21. The molecule has 0 aliphatic heterocycles. The molecule has 0 radical (unpaired) electrons. The van der Waals surface area contributed by atoms with Crippen LogP contribution in [-0.4, -0.2) is 43.2 Å². The Bertz CT molecular complexity index is 462. The van der Waals surface area contributed by atoms with E-state index in [1.807, 2.05) is 37.6 Å². The summed E-state index contributed by atoms with van der Waals surface area (Å²) in [5.74, 6) is 0.699. The lowest BCUT2D eigenvalue weighted by atomic mass is 10.1. The van der Waals surface area contributed by atoms with Crippen molar-refractivity contribution in [3.8, 4) is 0 Å². The van der Waals surface area contributed by atoms with Crippen molar-refractivity contribution < 1.29 is 4.79 Å². The van der Waals surface area contributed by atoms with Crippen molar-refractivity contribution in [2.24, 2.45) is 11.7 Å². The predicted molar refractivity (Wildman–Crippen MR) is 85.0 cm³/mol. The Morgan fingerprint density at radius 3 is 2.80 bits per heavy atom. The van der Waals surface area contributed by atoms with Crippen molar-refractivity contribution in [3.63, 3.8) is 0 Å². The van der Waals surface area contributed by atoms with Crippen LogP contribution in [-0.2, 0) is 4.79 Å². The Balaban J connectivity index is 1.91. The monoisotopic (exact) mass is 293 g/mol. The maximum atomic E-state index is 12.2. The van der Waals surface area contributed by atoms with Gasteiger partial charge in [0.05, 0.1) is 12.2 Å². The molecule has 3 N–H and O–H groups in total. The first-order valence-electron chi connectivity index (χ1n) is 6.99. The van der Waals surface area contributed by atoms with Gasteiger partial charge in [0.15, 0.2) is 0 Å². The summed E-state index contributed by atoms with van der Waals surface area (Å²) < 4.78 is 0. The third-order valence-electron chi connectivity index (χ3n) is 3.75. The number of rotatable bonds is 7. The zero-order valence-electron chi connectivity index (χ0n) is 12.1. The molecule has 1 aromatic rings. The van der Waals surface area contributed by atoms with E-state index >= 15 is 0 Å². The fourth-order valence-electron chi connectivity index (χ4n) is 2.49. The average Bonchev–Trinajstić information content (AvgIpc) is 3.24. The summed E-state index contributed by atoms with van der Waals surface area (Å²) in [5, 5.41) is 2.99. The van der Waals surface area contributed by atoms with Crippen LogP contribution in [0.1, 0.15) is 12.8 Å². The van der Waals surface area contributed by atoms with E-state index in [9.17, 15) is 4.79 Å². The van der Waals surface area contributed by atoms with Crippen LogP contribution in [0.4, 0.5) is 5.69 Å². The number of likely N-dealkylation sites (N-methyl/N-ethyl adjacent to an activating group) is 1. The number of benzene rings is 1. The van der Waals surface area contributed by atoms with Crippen LogP contribution in [0.5, 0.6) is 0 Å². The summed E-state index contributed by atoms with van der Waals surface area (Å²) in [7, 11) is 1.98. The average molecular weight is 293 g/mol. The van der Waals surface area contributed by atoms with Crippen LogP contribution < -0.4 is 11.1 Å². The van der Waals surface area contributed by atoms with Gasteiger partial charge in [0.2, 0.25) is 5.91 Å². The molecule has 0 saturated heterocycles. The number of amides is 1. The molecule has 0 spiro atoms. The second-order valence-corrected chi connectivity index (χ2v) is 6.15. The second-order valence-electron chi connectivity index (χ2n) is 5.30. The van der Waals surface area contributed by atoms with E-state index < -0.39 is 0 Å². The van der Waals surface area contributed by atoms with Crippen LogP contribution >= 0.6 is 11.8 Å². The van der Waals surface area contributed by atoms with E-state index in [-0.39, 0.29) is 5.91 Å². The number of carbonyl (C=O) groups excluding carboxylic acids is 1. The van der Waals surface area contributed by atoms with E-state index in [0.717, 1.165) is 10.6 Å². The van der Waals surface area contributed by atoms with Gasteiger partial charge < -0.3 is 11.1 Å². The minimum atomic E-state index is 0.0214. The zero-order chi connectivity index (χ0) is 14.5. The molecule has 0 heterocycles. The summed E-state index contributed by atoms with van der Waals surface area (Å²) in [6, 6.07) is 8.19. The van der Waals surface area contributed by atoms with Gasteiger partial charge in [-0.15, -0.1) is 11.8 Å². The number of carbonyl (C=O) groups is 1. The number of thioether (sulfide) groups is 1. The minimum absolute atomic E-state index is 0.0214. The van der Waals surface area contributed by atoms with Gasteiger partial charge in [-0.3, -0.25) is 9.69 Å². The molecule has 5 heteroatoms. The molecular weight excluding hydrogens is 270 g/mol. The quantitative estimate of drug-likeness (QED) is 0.755. The number of hydrogen-bond donors (Lipinski definition) is 2. The van der Waals surface area contributed by atoms with E-state index in [1.165, 1.54) is 12.8 Å². The lowest BCUT2D eigenvalue weighted by molar-refractivity contribution is -0.117. The van der Waals surface area contributed by atoms with Gasteiger partial charge in [0, 0.05) is 17.5 Å². The van der Waals surface area contributed by atoms with Crippen LogP contribution in [0.25, 0.3) is 0 Å². The first-order chi connectivity index (χ1) is 9.65. The topological polar surface area (TPSA) is 58.4 Å². The van der Waals surface area contributed by atoms with E-state index in [0.29, 0.717) is 25.0 Å². The van der Waals surface area contributed by atoms with Gasteiger partial charge >= 0.3 is 0 Å². The van der Waals surface area contributed by atoms with E-state index in [4.69, 9.17) is 5.73 Å². The van der Waals surface area contributed by atoms with E-state index in [1.54, 1.807) is 11.8 Å². The van der Waals surface area contributed by atoms with Crippen molar-refractivity contribution >= 4 is 23.4 Å². The summed E-state index contributed by atoms with van der Waals surface area (Å²) in [5.41, 5.74) is 6.70. The number of nitrogens with zero attached hydrogens (tertiary/aromatic N) is 1. The Labute approximate surface area is 125 Å². The fraction of sp³-hybridized carbons (Fsp3) is 0.533. The molecule has 110 valence electrons. The molecule has 1 aliphatic rings. The van der Waals surface area contributed by atoms with Crippen LogP contribution in [0, 0.1) is 5.92 Å². The molecule has 2 rings (SSSR count). The Hall–Kier alpha value is -1.04. The van der Waals surface area contributed by atoms with Gasteiger partial charge in [-0.05, 0) is 44.2 Å². The van der Waals surface area contributed by atoms with Gasteiger partial charge in [-0.2, -0.15) is 0 Å². The normalized spacial score (nSPS) is 16.2.